The van der Waals surface area contributed by atoms with Crippen LogP contribution in [0, 0.1) is 12.7 Å². The number of amides is 1. The lowest BCUT2D eigenvalue weighted by Crippen LogP contribution is -2.49. The Hall–Kier alpha value is -4.72. The average molecular weight is 522 g/mol. The van der Waals surface area contributed by atoms with Gasteiger partial charge in [-0.1, -0.05) is 42.5 Å². The maximum absolute atomic E-state index is 14.3. The molecule has 2 aromatic heterocycles. The Labute approximate surface area is 226 Å². The third-order valence-electron chi connectivity index (χ3n) is 7.19. The number of nitrogens with zero attached hydrogens (tertiary/aromatic N) is 5. The zero-order valence-corrected chi connectivity index (χ0v) is 21.8. The summed E-state index contributed by atoms with van der Waals surface area (Å²) in [6, 6.07) is 26.2. The summed E-state index contributed by atoms with van der Waals surface area (Å²) in [5.74, 6) is 0.339. The molecule has 0 spiro atoms. The number of ether oxygens (including phenoxy) is 1. The molecule has 1 saturated heterocycles. The van der Waals surface area contributed by atoms with E-state index >= 15 is 0 Å². The topological polar surface area (TPSA) is 63.0 Å². The fraction of sp³-hybridized carbons (Fsp3) is 0.194. The van der Waals surface area contributed by atoms with E-state index in [1.807, 2.05) is 83.1 Å². The standard InChI is InChI=1S/C31H28FN5O2/c1-21-29(23-8-4-3-5-9-23)30-33-26(20-28(37(30)34-21)22-12-14-24(39-2)15-13-22)31(38)36-18-16-35(17-19-36)27-11-7-6-10-25(27)32/h3-15,20H,16-19H2,1-2H3. The molecule has 5 aromatic rings. The van der Waals surface area contributed by atoms with Crippen molar-refractivity contribution < 1.29 is 13.9 Å². The highest BCUT2D eigenvalue weighted by Crippen LogP contribution is 2.32. The molecule has 1 amide bonds. The molecule has 196 valence electrons. The number of benzene rings is 3. The largest absolute Gasteiger partial charge is 0.497 e. The summed E-state index contributed by atoms with van der Waals surface area (Å²) in [5.41, 5.74) is 5.90. The Kier molecular flexibility index (Phi) is 6.44. The highest BCUT2D eigenvalue weighted by Gasteiger charge is 2.26. The number of aryl methyl sites for hydroxylation is 1. The van der Waals surface area contributed by atoms with Crippen LogP contribution in [0.1, 0.15) is 16.2 Å². The van der Waals surface area contributed by atoms with Crippen molar-refractivity contribution in [1.29, 1.82) is 0 Å². The molecule has 0 aliphatic carbocycles. The smallest absolute Gasteiger partial charge is 0.272 e. The molecule has 0 radical (unpaired) electrons. The summed E-state index contributed by atoms with van der Waals surface area (Å²) in [7, 11) is 1.63. The molecule has 1 aliphatic rings. The zero-order chi connectivity index (χ0) is 26.9. The van der Waals surface area contributed by atoms with Crippen LogP contribution >= 0.6 is 0 Å². The lowest BCUT2D eigenvalue weighted by Gasteiger charge is -2.36. The quantitative estimate of drug-likeness (QED) is 0.306. The molecular formula is C31H28FN5O2. The van der Waals surface area contributed by atoms with Crippen LogP contribution in [0.25, 0.3) is 28.0 Å². The maximum atomic E-state index is 14.3. The lowest BCUT2D eigenvalue weighted by molar-refractivity contribution is 0.0741. The molecule has 7 nitrogen and oxygen atoms in total. The third kappa shape index (κ3) is 4.58. The van der Waals surface area contributed by atoms with Gasteiger partial charge in [-0.3, -0.25) is 4.79 Å². The SMILES string of the molecule is COc1ccc(-c2cc(C(=O)N3CCN(c4ccccc4F)CC3)nc3c(-c4ccccc4)c(C)nn23)cc1. The molecule has 8 heteroatoms. The number of rotatable bonds is 5. The van der Waals surface area contributed by atoms with Crippen LogP contribution in [-0.2, 0) is 0 Å². The Bertz CT molecular complexity index is 1640. The summed E-state index contributed by atoms with van der Waals surface area (Å²) >= 11 is 0. The van der Waals surface area contributed by atoms with E-state index in [1.54, 1.807) is 24.1 Å². The summed E-state index contributed by atoms with van der Waals surface area (Å²) in [4.78, 5) is 22.5. The number of hydrogen-bond donors (Lipinski definition) is 0. The molecule has 3 heterocycles. The van der Waals surface area contributed by atoms with Crippen LogP contribution in [0.2, 0.25) is 0 Å². The molecule has 0 saturated carbocycles. The second-order valence-corrected chi connectivity index (χ2v) is 9.55. The molecule has 0 unspecified atom stereocenters. The zero-order valence-electron chi connectivity index (χ0n) is 21.8. The first-order valence-corrected chi connectivity index (χ1v) is 12.9. The van der Waals surface area contributed by atoms with E-state index in [0.29, 0.717) is 43.2 Å². The monoisotopic (exact) mass is 521 g/mol. The number of carbonyl (C=O) groups is 1. The van der Waals surface area contributed by atoms with Gasteiger partial charge in [-0.05, 0) is 55.0 Å². The first kappa shape index (κ1) is 24.6. The van der Waals surface area contributed by atoms with Gasteiger partial charge in [0.1, 0.15) is 17.3 Å². The minimum Gasteiger partial charge on any atom is -0.497 e. The van der Waals surface area contributed by atoms with Crippen molar-refractivity contribution in [3.05, 3.63) is 102 Å². The fourth-order valence-corrected chi connectivity index (χ4v) is 5.16. The fourth-order valence-electron chi connectivity index (χ4n) is 5.16. The van der Waals surface area contributed by atoms with Gasteiger partial charge in [0.05, 0.1) is 24.2 Å². The van der Waals surface area contributed by atoms with E-state index in [0.717, 1.165) is 33.8 Å². The van der Waals surface area contributed by atoms with Gasteiger partial charge in [0.2, 0.25) is 0 Å². The Morgan fingerprint density at radius 2 is 1.56 bits per heavy atom. The summed E-state index contributed by atoms with van der Waals surface area (Å²) in [5, 5.41) is 4.83. The molecule has 39 heavy (non-hydrogen) atoms. The normalized spacial score (nSPS) is 13.6. The van der Waals surface area contributed by atoms with Gasteiger partial charge in [0, 0.05) is 37.3 Å². The predicted octanol–water partition coefficient (Wildman–Crippen LogP) is 5.48. The Morgan fingerprint density at radius 3 is 2.26 bits per heavy atom. The van der Waals surface area contributed by atoms with Gasteiger partial charge in [0.15, 0.2) is 5.65 Å². The van der Waals surface area contributed by atoms with E-state index in [1.165, 1.54) is 6.07 Å². The minimum absolute atomic E-state index is 0.154. The summed E-state index contributed by atoms with van der Waals surface area (Å²) in [6.07, 6.45) is 0. The van der Waals surface area contributed by atoms with Crippen molar-refractivity contribution in [2.75, 3.05) is 38.2 Å². The molecule has 0 bridgehead atoms. The average Bonchev–Trinajstić information content (AvgIpc) is 3.32. The van der Waals surface area contributed by atoms with E-state index in [2.05, 4.69) is 0 Å². The number of methoxy groups -OCH3 is 1. The number of para-hydroxylation sites is 1. The molecule has 1 fully saturated rings. The first-order valence-electron chi connectivity index (χ1n) is 12.9. The van der Waals surface area contributed by atoms with E-state index in [4.69, 9.17) is 14.8 Å². The molecule has 3 aromatic carbocycles. The second-order valence-electron chi connectivity index (χ2n) is 9.55. The van der Waals surface area contributed by atoms with Crippen LogP contribution in [-0.4, -0.2) is 58.7 Å². The molecular weight excluding hydrogens is 493 g/mol. The predicted molar refractivity (Wildman–Crippen MR) is 150 cm³/mol. The molecule has 0 N–H and O–H groups in total. The van der Waals surface area contributed by atoms with Gasteiger partial charge in [0.25, 0.3) is 5.91 Å². The van der Waals surface area contributed by atoms with Crippen LogP contribution in [0.3, 0.4) is 0 Å². The van der Waals surface area contributed by atoms with E-state index in [-0.39, 0.29) is 11.7 Å². The van der Waals surface area contributed by atoms with Gasteiger partial charge < -0.3 is 14.5 Å². The highest BCUT2D eigenvalue weighted by atomic mass is 19.1. The molecule has 1 aliphatic heterocycles. The number of aromatic nitrogens is 3. The number of piperazine rings is 1. The van der Waals surface area contributed by atoms with Crippen LogP contribution < -0.4 is 9.64 Å². The van der Waals surface area contributed by atoms with Crippen molar-refractivity contribution >= 4 is 17.2 Å². The first-order chi connectivity index (χ1) is 19.0. The van der Waals surface area contributed by atoms with Gasteiger partial charge in [-0.15, -0.1) is 0 Å². The number of carbonyl (C=O) groups excluding carboxylic acids is 1. The number of anilines is 1. The number of halogens is 1. The summed E-state index contributed by atoms with van der Waals surface area (Å²) in [6.45, 7) is 3.99. The Morgan fingerprint density at radius 1 is 0.872 bits per heavy atom. The molecule has 0 atom stereocenters. The van der Waals surface area contributed by atoms with Crippen molar-refractivity contribution in [3.8, 4) is 28.1 Å². The third-order valence-corrected chi connectivity index (χ3v) is 7.19. The lowest BCUT2D eigenvalue weighted by atomic mass is 10.1. The molecule has 6 rings (SSSR count). The maximum Gasteiger partial charge on any atom is 0.272 e. The van der Waals surface area contributed by atoms with Crippen molar-refractivity contribution in [3.63, 3.8) is 0 Å². The minimum atomic E-state index is -0.252. The number of hydrogen-bond acceptors (Lipinski definition) is 5. The van der Waals surface area contributed by atoms with Gasteiger partial charge in [-0.2, -0.15) is 5.10 Å². The van der Waals surface area contributed by atoms with Crippen molar-refractivity contribution in [2.45, 2.75) is 6.92 Å². The van der Waals surface area contributed by atoms with Crippen molar-refractivity contribution in [1.82, 2.24) is 19.5 Å². The second kappa shape index (κ2) is 10.2. The Balaban J connectivity index is 1.40. The van der Waals surface area contributed by atoms with Gasteiger partial charge in [-0.25, -0.2) is 13.9 Å². The number of fused-ring (bicyclic) bond motifs is 1. The van der Waals surface area contributed by atoms with Crippen LogP contribution in [0.4, 0.5) is 10.1 Å². The van der Waals surface area contributed by atoms with E-state index < -0.39 is 0 Å². The van der Waals surface area contributed by atoms with Crippen LogP contribution in [0.5, 0.6) is 5.75 Å². The van der Waals surface area contributed by atoms with Gasteiger partial charge >= 0.3 is 0 Å². The summed E-state index contributed by atoms with van der Waals surface area (Å²) < 4.78 is 21.5. The van der Waals surface area contributed by atoms with Crippen molar-refractivity contribution in [2.24, 2.45) is 0 Å². The van der Waals surface area contributed by atoms with Crippen LogP contribution in [0.15, 0.2) is 84.9 Å². The highest BCUT2D eigenvalue weighted by molar-refractivity contribution is 5.95. The van der Waals surface area contributed by atoms with E-state index in [9.17, 15) is 9.18 Å².